The number of aromatic nitrogens is 2. The van der Waals surface area contributed by atoms with Crippen LogP contribution in [-0.4, -0.2) is 8.94 Å². The van der Waals surface area contributed by atoms with E-state index in [0.717, 1.165) is 6.07 Å². The lowest BCUT2D eigenvalue weighted by atomic mass is 10.1. The largest absolute Gasteiger partial charge is 0.270 e. The van der Waals surface area contributed by atoms with E-state index in [1.807, 2.05) is 0 Å². The van der Waals surface area contributed by atoms with Gasteiger partial charge in [0.15, 0.2) is 0 Å². The van der Waals surface area contributed by atoms with E-state index in [2.05, 4.69) is 4.98 Å². The van der Waals surface area contributed by atoms with E-state index in [4.69, 9.17) is 0 Å². The zero-order valence-corrected chi connectivity index (χ0v) is 11.2. The number of benzene rings is 1. The summed E-state index contributed by atoms with van der Waals surface area (Å²) in [7, 11) is 0. The van der Waals surface area contributed by atoms with Crippen molar-refractivity contribution in [2.24, 2.45) is 0 Å². The molecule has 20 heavy (non-hydrogen) atoms. The van der Waals surface area contributed by atoms with Gasteiger partial charge in [0.05, 0.1) is 5.39 Å². The van der Waals surface area contributed by atoms with Gasteiger partial charge in [-0.25, -0.2) is 13.8 Å². The van der Waals surface area contributed by atoms with Gasteiger partial charge in [0.1, 0.15) is 16.5 Å². The summed E-state index contributed by atoms with van der Waals surface area (Å²) in [6.07, 6.45) is 1.96. The van der Waals surface area contributed by atoms with E-state index in [1.165, 1.54) is 23.7 Å². The number of pyridine rings is 1. The first-order valence-electron chi connectivity index (χ1n) is 6.04. The topological polar surface area (TPSA) is 34.9 Å². The van der Waals surface area contributed by atoms with Crippen LogP contribution in [0, 0.1) is 11.6 Å². The molecule has 0 saturated heterocycles. The highest BCUT2D eigenvalue weighted by Crippen LogP contribution is 2.15. The van der Waals surface area contributed by atoms with Crippen molar-refractivity contribution in [1.82, 2.24) is 8.94 Å². The van der Waals surface area contributed by atoms with E-state index in [9.17, 15) is 13.6 Å². The molecule has 0 aliphatic rings. The molecule has 0 amide bonds. The van der Waals surface area contributed by atoms with Gasteiger partial charge in [-0.05, 0) is 41.7 Å². The fourth-order valence-electron chi connectivity index (χ4n) is 2.00. The Kier molecular flexibility index (Phi) is 3.31. The lowest BCUT2D eigenvalue weighted by Gasteiger charge is -2.03. The summed E-state index contributed by atoms with van der Waals surface area (Å²) >= 11 is 1.25. The first-order valence-corrected chi connectivity index (χ1v) is 6.81. The zero-order valence-electron chi connectivity index (χ0n) is 10.3. The molecule has 2 aromatic heterocycles. The van der Waals surface area contributed by atoms with Gasteiger partial charge >= 0.3 is 0 Å². The normalized spacial score (nSPS) is 11.1. The maximum atomic E-state index is 13.5. The lowest BCUT2D eigenvalue weighted by molar-refractivity contribution is 0.566. The number of hydrogen-bond donors (Lipinski definition) is 0. The summed E-state index contributed by atoms with van der Waals surface area (Å²) < 4.78 is 27.9. The second-order valence-electron chi connectivity index (χ2n) is 4.34. The molecule has 2 heterocycles. The van der Waals surface area contributed by atoms with Crippen LogP contribution in [0.3, 0.4) is 0 Å². The van der Waals surface area contributed by atoms with Crippen molar-refractivity contribution in [2.45, 2.75) is 13.0 Å². The van der Waals surface area contributed by atoms with Crippen LogP contribution in [0.4, 0.5) is 8.78 Å². The molecule has 3 rings (SSSR count). The molecule has 1 aromatic carbocycles. The van der Waals surface area contributed by atoms with Gasteiger partial charge in [0.25, 0.3) is 5.56 Å². The number of fused-ring (bicyclic) bond motifs is 1. The van der Waals surface area contributed by atoms with Gasteiger partial charge in [-0.15, -0.1) is 0 Å². The predicted molar refractivity (Wildman–Crippen MR) is 73.9 cm³/mol. The van der Waals surface area contributed by atoms with Crippen LogP contribution in [-0.2, 0) is 13.0 Å². The summed E-state index contributed by atoms with van der Waals surface area (Å²) in [5.74, 6) is -1.19. The summed E-state index contributed by atoms with van der Waals surface area (Å²) in [4.78, 5) is 16.9. The maximum absolute atomic E-state index is 13.5. The molecule has 0 N–H and O–H groups in total. The first-order chi connectivity index (χ1) is 9.65. The summed E-state index contributed by atoms with van der Waals surface area (Å²) in [5.41, 5.74) is 0.268. The quantitative estimate of drug-likeness (QED) is 0.744. The van der Waals surface area contributed by atoms with E-state index in [1.54, 1.807) is 22.3 Å². The van der Waals surface area contributed by atoms with Crippen molar-refractivity contribution in [3.63, 3.8) is 0 Å². The molecule has 0 saturated carbocycles. The first kappa shape index (κ1) is 12.9. The minimum absolute atomic E-state index is 0.124. The number of aryl methyl sites for hydroxylation is 2. The fraction of sp³-hybridized carbons (Fsp3) is 0.143. The molecule has 6 heteroatoms. The molecule has 3 nitrogen and oxygen atoms in total. The van der Waals surface area contributed by atoms with Gasteiger partial charge in [0.2, 0.25) is 0 Å². The van der Waals surface area contributed by atoms with Crippen LogP contribution in [0.5, 0.6) is 0 Å². The zero-order chi connectivity index (χ0) is 14.1. The highest BCUT2D eigenvalue weighted by atomic mass is 32.1. The maximum Gasteiger partial charge on any atom is 0.270 e. The van der Waals surface area contributed by atoms with Crippen LogP contribution in [0.25, 0.3) is 10.2 Å². The van der Waals surface area contributed by atoms with Crippen molar-refractivity contribution in [3.05, 3.63) is 64.1 Å². The van der Waals surface area contributed by atoms with Crippen molar-refractivity contribution in [2.75, 3.05) is 0 Å². The molecule has 0 radical (unpaired) electrons. The molecule has 0 unspecified atom stereocenters. The molecule has 0 aliphatic heterocycles. The summed E-state index contributed by atoms with van der Waals surface area (Å²) in [6.45, 7) is 0.350. The third-order valence-corrected chi connectivity index (χ3v) is 4.09. The Balaban J connectivity index is 1.87. The number of halogens is 2. The van der Waals surface area contributed by atoms with E-state index < -0.39 is 11.6 Å². The van der Waals surface area contributed by atoms with E-state index in [0.29, 0.717) is 28.7 Å². The average molecular weight is 292 g/mol. The molecule has 0 fully saturated rings. The smallest absolute Gasteiger partial charge is 0.268 e. The van der Waals surface area contributed by atoms with Gasteiger partial charge in [-0.3, -0.25) is 8.75 Å². The number of hydrogen-bond acceptors (Lipinski definition) is 3. The SMILES string of the molecule is O=c1c2cccnc2sn1CCc1ccc(F)cc1F. The van der Waals surface area contributed by atoms with Crippen molar-refractivity contribution in [3.8, 4) is 0 Å². The molecule has 0 bridgehead atoms. The van der Waals surface area contributed by atoms with Crippen molar-refractivity contribution >= 4 is 21.7 Å². The highest BCUT2D eigenvalue weighted by molar-refractivity contribution is 7.13. The van der Waals surface area contributed by atoms with Crippen LogP contribution < -0.4 is 5.56 Å². The van der Waals surface area contributed by atoms with E-state index >= 15 is 0 Å². The molecular formula is C14H10F2N2OS. The second-order valence-corrected chi connectivity index (χ2v) is 5.35. The van der Waals surface area contributed by atoms with Gasteiger partial charge in [0, 0.05) is 18.8 Å². The van der Waals surface area contributed by atoms with Crippen LogP contribution in [0.1, 0.15) is 5.56 Å². The van der Waals surface area contributed by atoms with Gasteiger partial charge in [-0.2, -0.15) is 0 Å². The van der Waals surface area contributed by atoms with Crippen LogP contribution >= 0.6 is 11.5 Å². The lowest BCUT2D eigenvalue weighted by Crippen LogP contribution is -2.14. The Morgan fingerprint density at radius 3 is 2.85 bits per heavy atom. The molecule has 102 valence electrons. The third-order valence-electron chi connectivity index (χ3n) is 3.02. The molecule has 0 spiro atoms. The number of rotatable bonds is 3. The Bertz CT molecular complexity index is 825. The minimum atomic E-state index is -0.602. The molecular weight excluding hydrogens is 282 g/mol. The number of nitrogens with zero attached hydrogens (tertiary/aromatic N) is 2. The minimum Gasteiger partial charge on any atom is -0.268 e. The Hall–Kier alpha value is -2.08. The molecule has 3 aromatic rings. The summed E-state index contributed by atoms with van der Waals surface area (Å²) in [6, 6.07) is 6.90. The second kappa shape index (κ2) is 5.13. The van der Waals surface area contributed by atoms with Gasteiger partial charge < -0.3 is 0 Å². The Morgan fingerprint density at radius 1 is 1.25 bits per heavy atom. The van der Waals surface area contributed by atoms with Crippen LogP contribution in [0.2, 0.25) is 0 Å². The summed E-state index contributed by atoms with van der Waals surface area (Å²) in [5, 5.41) is 0.567. The van der Waals surface area contributed by atoms with Crippen molar-refractivity contribution < 1.29 is 8.78 Å². The molecule has 0 atom stereocenters. The highest BCUT2D eigenvalue weighted by Gasteiger charge is 2.09. The standard InChI is InChI=1S/C14H10F2N2OS/c15-10-4-3-9(12(16)8-10)5-7-18-14(19)11-2-1-6-17-13(11)20-18/h1-4,6,8H,5,7H2. The molecule has 0 aliphatic carbocycles. The fourth-order valence-corrected chi connectivity index (χ4v) is 2.93. The van der Waals surface area contributed by atoms with Crippen LogP contribution in [0.15, 0.2) is 41.3 Å². The monoisotopic (exact) mass is 292 g/mol. The predicted octanol–water partition coefficient (Wildman–Crippen LogP) is 2.98. The average Bonchev–Trinajstić information content (AvgIpc) is 2.75. The van der Waals surface area contributed by atoms with Crippen molar-refractivity contribution in [1.29, 1.82) is 0 Å². The van der Waals surface area contributed by atoms with Gasteiger partial charge in [-0.1, -0.05) is 6.07 Å². The third kappa shape index (κ3) is 2.34. The Labute approximate surface area is 117 Å². The van der Waals surface area contributed by atoms with E-state index in [-0.39, 0.29) is 5.56 Å². The Morgan fingerprint density at radius 2 is 2.10 bits per heavy atom.